The summed E-state index contributed by atoms with van der Waals surface area (Å²) in [7, 11) is -3.60. The van der Waals surface area contributed by atoms with Crippen LogP contribution in [0, 0.1) is 11.3 Å². The fourth-order valence-electron chi connectivity index (χ4n) is 3.58. The van der Waals surface area contributed by atoms with E-state index in [-0.39, 0.29) is 35.1 Å². The normalized spacial score (nSPS) is 21.9. The highest BCUT2D eigenvalue weighted by atomic mass is 32.2. The van der Waals surface area contributed by atoms with Crippen LogP contribution in [0.3, 0.4) is 0 Å². The van der Waals surface area contributed by atoms with Crippen molar-refractivity contribution in [2.75, 3.05) is 19.6 Å². The first-order valence-corrected chi connectivity index (χ1v) is 9.88. The van der Waals surface area contributed by atoms with Crippen molar-refractivity contribution in [3.63, 3.8) is 0 Å². The maximum Gasteiger partial charge on any atom is 0.307 e. The minimum absolute atomic E-state index is 0.0510. The lowest BCUT2D eigenvalue weighted by molar-refractivity contribution is -0.139. The molecule has 3 rings (SSSR count). The van der Waals surface area contributed by atoms with E-state index in [9.17, 15) is 18.0 Å². The lowest BCUT2D eigenvalue weighted by Crippen LogP contribution is -2.41. The molecule has 0 bridgehead atoms. The molecule has 136 valence electrons. The molecule has 1 heterocycles. The SMILES string of the molecule is O=C(O)C1CC12CCN(C(=O)CCNS(=O)(=O)c1ccccc1)CC2. The van der Waals surface area contributed by atoms with Gasteiger partial charge in [-0.2, -0.15) is 0 Å². The average Bonchev–Trinajstić information content (AvgIpc) is 3.30. The van der Waals surface area contributed by atoms with E-state index in [1.807, 2.05) is 0 Å². The fourth-order valence-corrected chi connectivity index (χ4v) is 4.64. The molecular weight excluding hydrogens is 344 g/mol. The Morgan fingerprint density at radius 2 is 1.84 bits per heavy atom. The maximum absolute atomic E-state index is 12.2. The molecule has 25 heavy (non-hydrogen) atoms. The largest absolute Gasteiger partial charge is 0.481 e. The zero-order valence-electron chi connectivity index (χ0n) is 13.8. The van der Waals surface area contributed by atoms with Crippen LogP contribution in [0.5, 0.6) is 0 Å². The molecule has 1 aliphatic carbocycles. The Kier molecular flexibility index (Phi) is 4.83. The van der Waals surface area contributed by atoms with Gasteiger partial charge in [0.2, 0.25) is 15.9 Å². The van der Waals surface area contributed by atoms with Crippen molar-refractivity contribution in [3.05, 3.63) is 30.3 Å². The van der Waals surface area contributed by atoms with E-state index in [0.717, 1.165) is 0 Å². The second-order valence-electron chi connectivity index (χ2n) is 6.80. The van der Waals surface area contributed by atoms with Gasteiger partial charge in [-0.1, -0.05) is 18.2 Å². The van der Waals surface area contributed by atoms with E-state index in [1.54, 1.807) is 23.1 Å². The number of rotatable bonds is 6. The van der Waals surface area contributed by atoms with E-state index in [0.29, 0.717) is 32.4 Å². The summed E-state index contributed by atoms with van der Waals surface area (Å²) < 4.78 is 26.6. The molecule has 1 aromatic carbocycles. The average molecular weight is 366 g/mol. The predicted octanol–water partition coefficient (Wildman–Crippen LogP) is 1.07. The molecule has 0 aromatic heterocycles. The summed E-state index contributed by atoms with van der Waals surface area (Å²) in [5, 5.41) is 9.09. The molecule has 1 aliphatic heterocycles. The van der Waals surface area contributed by atoms with E-state index < -0.39 is 16.0 Å². The Morgan fingerprint density at radius 3 is 2.40 bits per heavy atom. The van der Waals surface area contributed by atoms with Crippen molar-refractivity contribution in [1.29, 1.82) is 0 Å². The van der Waals surface area contributed by atoms with Crippen LogP contribution in [0.1, 0.15) is 25.7 Å². The topological polar surface area (TPSA) is 104 Å². The van der Waals surface area contributed by atoms with Crippen molar-refractivity contribution in [2.24, 2.45) is 11.3 Å². The minimum Gasteiger partial charge on any atom is -0.481 e. The van der Waals surface area contributed by atoms with Gasteiger partial charge in [0.15, 0.2) is 0 Å². The molecule has 1 saturated heterocycles. The third kappa shape index (κ3) is 3.85. The third-order valence-corrected chi connectivity index (χ3v) is 6.76. The Bertz CT molecular complexity index is 755. The van der Waals surface area contributed by atoms with Crippen LogP contribution >= 0.6 is 0 Å². The molecule has 1 spiro atoms. The highest BCUT2D eigenvalue weighted by Gasteiger charge is 2.59. The van der Waals surface area contributed by atoms with Crippen LogP contribution in [-0.4, -0.2) is 49.9 Å². The van der Waals surface area contributed by atoms with Crippen molar-refractivity contribution in [1.82, 2.24) is 9.62 Å². The highest BCUT2D eigenvalue weighted by molar-refractivity contribution is 7.89. The van der Waals surface area contributed by atoms with Crippen molar-refractivity contribution >= 4 is 21.9 Å². The molecule has 1 aromatic rings. The number of hydrogen-bond acceptors (Lipinski definition) is 4. The van der Waals surface area contributed by atoms with Crippen molar-refractivity contribution in [3.8, 4) is 0 Å². The van der Waals surface area contributed by atoms with Crippen LogP contribution in [-0.2, 0) is 19.6 Å². The van der Waals surface area contributed by atoms with Gasteiger partial charge in [0, 0.05) is 26.1 Å². The smallest absolute Gasteiger partial charge is 0.307 e. The van der Waals surface area contributed by atoms with Crippen LogP contribution < -0.4 is 4.72 Å². The Morgan fingerprint density at radius 1 is 1.20 bits per heavy atom. The Balaban J connectivity index is 1.44. The molecule has 1 atom stereocenters. The summed E-state index contributed by atoms with van der Waals surface area (Å²) in [4.78, 5) is 25.2. The van der Waals surface area contributed by atoms with Crippen LogP contribution in [0.15, 0.2) is 35.2 Å². The van der Waals surface area contributed by atoms with Gasteiger partial charge in [0.1, 0.15) is 0 Å². The number of carbonyl (C=O) groups is 2. The number of carbonyl (C=O) groups excluding carboxylic acids is 1. The van der Waals surface area contributed by atoms with Crippen molar-refractivity contribution in [2.45, 2.75) is 30.6 Å². The van der Waals surface area contributed by atoms with Gasteiger partial charge in [-0.3, -0.25) is 9.59 Å². The van der Waals surface area contributed by atoms with Crippen LogP contribution in [0.2, 0.25) is 0 Å². The number of likely N-dealkylation sites (tertiary alicyclic amines) is 1. The number of piperidine rings is 1. The summed E-state index contributed by atoms with van der Waals surface area (Å²) in [6.07, 6.45) is 2.24. The maximum atomic E-state index is 12.2. The Hall–Kier alpha value is -1.93. The number of amides is 1. The van der Waals surface area contributed by atoms with E-state index >= 15 is 0 Å². The fraction of sp³-hybridized carbons (Fsp3) is 0.529. The molecule has 8 heteroatoms. The number of carboxylic acids is 1. The van der Waals surface area contributed by atoms with Gasteiger partial charge >= 0.3 is 5.97 Å². The second-order valence-corrected chi connectivity index (χ2v) is 8.57. The summed E-state index contributed by atoms with van der Waals surface area (Å²) >= 11 is 0. The zero-order chi connectivity index (χ0) is 18.1. The summed E-state index contributed by atoms with van der Waals surface area (Å²) in [5.41, 5.74) is -0.114. The number of nitrogens with one attached hydrogen (secondary N) is 1. The summed E-state index contributed by atoms with van der Waals surface area (Å²) in [6, 6.07) is 8.03. The van der Waals surface area contributed by atoms with E-state index in [2.05, 4.69) is 4.72 Å². The molecular formula is C17H22N2O5S. The third-order valence-electron chi connectivity index (χ3n) is 5.28. The molecule has 7 nitrogen and oxygen atoms in total. The number of nitrogens with zero attached hydrogens (tertiary/aromatic N) is 1. The molecule has 1 unspecified atom stereocenters. The van der Waals surface area contributed by atoms with Gasteiger partial charge in [-0.25, -0.2) is 13.1 Å². The summed E-state index contributed by atoms with van der Waals surface area (Å²) in [5.74, 6) is -1.10. The van der Waals surface area contributed by atoms with Gasteiger partial charge in [0.25, 0.3) is 0 Å². The van der Waals surface area contributed by atoms with Crippen LogP contribution in [0.4, 0.5) is 0 Å². The Labute approximate surface area is 147 Å². The monoisotopic (exact) mass is 366 g/mol. The molecule has 1 saturated carbocycles. The predicted molar refractivity (Wildman–Crippen MR) is 90.2 cm³/mol. The lowest BCUT2D eigenvalue weighted by Gasteiger charge is -2.32. The molecule has 2 fully saturated rings. The molecule has 2 N–H and O–H groups in total. The van der Waals surface area contributed by atoms with Gasteiger partial charge in [-0.15, -0.1) is 0 Å². The zero-order valence-corrected chi connectivity index (χ0v) is 14.7. The number of hydrogen-bond donors (Lipinski definition) is 2. The standard InChI is InChI=1S/C17H22N2O5S/c20-15(6-9-18-25(23,24)13-4-2-1-3-5-13)19-10-7-17(8-11-19)12-14(17)16(21)22/h1-5,14,18H,6-12H2,(H,21,22). The first kappa shape index (κ1) is 17.9. The van der Waals surface area contributed by atoms with Gasteiger partial charge < -0.3 is 10.0 Å². The number of carboxylic acid groups (broad SMARTS) is 1. The second kappa shape index (κ2) is 6.76. The van der Waals surface area contributed by atoms with Crippen molar-refractivity contribution < 1.29 is 23.1 Å². The molecule has 1 amide bonds. The molecule has 0 radical (unpaired) electrons. The van der Waals surface area contributed by atoms with Gasteiger partial charge in [0.05, 0.1) is 10.8 Å². The van der Waals surface area contributed by atoms with E-state index in [1.165, 1.54) is 12.1 Å². The lowest BCUT2D eigenvalue weighted by atomic mass is 9.90. The quantitative estimate of drug-likeness (QED) is 0.784. The highest BCUT2D eigenvalue weighted by Crippen LogP contribution is 2.59. The number of aliphatic carboxylic acids is 1. The molecule has 2 aliphatic rings. The number of sulfonamides is 1. The first-order chi connectivity index (χ1) is 11.8. The minimum atomic E-state index is -3.60. The summed E-state index contributed by atoms with van der Waals surface area (Å²) in [6.45, 7) is 1.15. The van der Waals surface area contributed by atoms with E-state index in [4.69, 9.17) is 5.11 Å². The van der Waals surface area contributed by atoms with Gasteiger partial charge in [-0.05, 0) is 36.8 Å². The first-order valence-electron chi connectivity index (χ1n) is 8.39. The number of benzene rings is 1. The van der Waals surface area contributed by atoms with Crippen LogP contribution in [0.25, 0.3) is 0 Å².